The van der Waals surface area contributed by atoms with E-state index in [2.05, 4.69) is 20.4 Å². The average Bonchev–Trinajstić information content (AvgIpc) is 3.22. The molecule has 26 heavy (non-hydrogen) atoms. The van der Waals surface area contributed by atoms with E-state index in [4.69, 9.17) is 0 Å². The molecule has 0 saturated carbocycles. The summed E-state index contributed by atoms with van der Waals surface area (Å²) < 4.78 is 3.18. The molecule has 0 spiro atoms. The molecule has 0 fully saturated rings. The standard InChI is InChI=1S/C16H16N6O2S2/c1-8-11-14(18-7-21(3)15(11)24)26-12(8)13(23)17-5-4-10-6-22-16(19-10)25-9(2)20-22/h6-7H,4-5H2,1-3H3,(H,17,23). The Bertz CT molecular complexity index is 1170. The second kappa shape index (κ2) is 6.29. The number of hydrogen-bond acceptors (Lipinski definition) is 7. The second-order valence-corrected chi connectivity index (χ2v) is 8.14. The Labute approximate surface area is 156 Å². The fourth-order valence-corrected chi connectivity index (χ4v) is 4.57. The highest BCUT2D eigenvalue weighted by Crippen LogP contribution is 2.26. The van der Waals surface area contributed by atoms with Gasteiger partial charge < -0.3 is 9.88 Å². The largest absolute Gasteiger partial charge is 0.351 e. The minimum Gasteiger partial charge on any atom is -0.351 e. The number of nitrogens with one attached hydrogen (secondary N) is 1. The van der Waals surface area contributed by atoms with Gasteiger partial charge in [0.05, 0.1) is 28.5 Å². The fourth-order valence-electron chi connectivity index (χ4n) is 2.78. The number of nitrogens with zero attached hydrogens (tertiary/aromatic N) is 5. The molecule has 0 unspecified atom stereocenters. The molecule has 0 bridgehead atoms. The monoisotopic (exact) mass is 388 g/mol. The summed E-state index contributed by atoms with van der Waals surface area (Å²) in [4.78, 5) is 35.5. The van der Waals surface area contributed by atoms with Crippen LogP contribution in [0.15, 0.2) is 17.3 Å². The van der Waals surface area contributed by atoms with E-state index >= 15 is 0 Å². The molecular formula is C16H16N6O2S2. The molecule has 0 atom stereocenters. The molecule has 4 rings (SSSR count). The highest BCUT2D eigenvalue weighted by atomic mass is 32.1. The van der Waals surface area contributed by atoms with Gasteiger partial charge in [-0.15, -0.1) is 11.3 Å². The Balaban J connectivity index is 1.48. The number of fused-ring (bicyclic) bond motifs is 2. The molecule has 0 saturated heterocycles. The molecule has 8 nitrogen and oxygen atoms in total. The maximum absolute atomic E-state index is 12.5. The Morgan fingerprint density at radius 3 is 2.88 bits per heavy atom. The van der Waals surface area contributed by atoms with Crippen LogP contribution in [0.4, 0.5) is 0 Å². The highest BCUT2D eigenvalue weighted by Gasteiger charge is 2.18. The first-order valence-corrected chi connectivity index (χ1v) is 9.62. The van der Waals surface area contributed by atoms with Crippen molar-refractivity contribution in [3.8, 4) is 0 Å². The van der Waals surface area contributed by atoms with Gasteiger partial charge in [-0.3, -0.25) is 9.59 Å². The van der Waals surface area contributed by atoms with Crippen molar-refractivity contribution in [3.05, 3.63) is 44.0 Å². The van der Waals surface area contributed by atoms with Crippen LogP contribution in [0.1, 0.15) is 25.9 Å². The first-order valence-electron chi connectivity index (χ1n) is 7.98. The lowest BCUT2D eigenvalue weighted by Crippen LogP contribution is -2.25. The van der Waals surface area contributed by atoms with Gasteiger partial charge in [-0.2, -0.15) is 5.10 Å². The number of imidazole rings is 1. The van der Waals surface area contributed by atoms with E-state index in [1.165, 1.54) is 33.6 Å². The molecule has 4 heterocycles. The normalized spacial score (nSPS) is 11.5. The minimum atomic E-state index is -0.192. The lowest BCUT2D eigenvalue weighted by atomic mass is 10.2. The smallest absolute Gasteiger partial charge is 0.262 e. The summed E-state index contributed by atoms with van der Waals surface area (Å²) in [5.41, 5.74) is 1.43. The van der Waals surface area contributed by atoms with E-state index in [9.17, 15) is 9.59 Å². The third-order valence-corrected chi connectivity index (χ3v) is 6.11. The Morgan fingerprint density at radius 2 is 2.12 bits per heavy atom. The molecule has 1 N–H and O–H groups in total. The van der Waals surface area contributed by atoms with Gasteiger partial charge >= 0.3 is 0 Å². The van der Waals surface area contributed by atoms with Gasteiger partial charge in [0, 0.05) is 20.0 Å². The number of aryl methyl sites for hydroxylation is 3. The Kier molecular flexibility index (Phi) is 4.08. The summed E-state index contributed by atoms with van der Waals surface area (Å²) in [7, 11) is 1.65. The van der Waals surface area contributed by atoms with E-state index in [0.717, 1.165) is 15.7 Å². The Morgan fingerprint density at radius 1 is 1.31 bits per heavy atom. The second-order valence-electron chi connectivity index (χ2n) is 5.98. The molecule has 0 aliphatic carbocycles. The van der Waals surface area contributed by atoms with Crippen molar-refractivity contribution in [2.45, 2.75) is 20.3 Å². The first kappa shape index (κ1) is 16.9. The number of carbonyl (C=O) groups excluding carboxylic acids is 1. The third-order valence-electron chi connectivity index (χ3n) is 4.08. The summed E-state index contributed by atoms with van der Waals surface area (Å²) >= 11 is 2.78. The van der Waals surface area contributed by atoms with Crippen molar-refractivity contribution in [2.24, 2.45) is 7.05 Å². The zero-order chi connectivity index (χ0) is 18.4. The van der Waals surface area contributed by atoms with Gasteiger partial charge in [-0.1, -0.05) is 11.3 Å². The predicted molar refractivity (Wildman–Crippen MR) is 101 cm³/mol. The van der Waals surface area contributed by atoms with Crippen LogP contribution in [-0.2, 0) is 13.5 Å². The van der Waals surface area contributed by atoms with Gasteiger partial charge in [-0.05, 0) is 19.4 Å². The number of amides is 1. The lowest BCUT2D eigenvalue weighted by molar-refractivity contribution is 0.0957. The van der Waals surface area contributed by atoms with Crippen molar-refractivity contribution in [3.63, 3.8) is 0 Å². The number of thiophene rings is 1. The maximum atomic E-state index is 12.5. The van der Waals surface area contributed by atoms with Crippen LogP contribution in [0.2, 0.25) is 0 Å². The van der Waals surface area contributed by atoms with Crippen molar-refractivity contribution < 1.29 is 4.79 Å². The number of rotatable bonds is 4. The zero-order valence-corrected chi connectivity index (χ0v) is 16.1. The quantitative estimate of drug-likeness (QED) is 0.574. The van der Waals surface area contributed by atoms with Crippen LogP contribution >= 0.6 is 22.7 Å². The zero-order valence-electron chi connectivity index (χ0n) is 14.4. The average molecular weight is 388 g/mol. The van der Waals surface area contributed by atoms with Crippen LogP contribution in [0.3, 0.4) is 0 Å². The van der Waals surface area contributed by atoms with Gasteiger partial charge in [0.15, 0.2) is 0 Å². The molecular weight excluding hydrogens is 372 g/mol. The molecule has 4 aromatic heterocycles. The van der Waals surface area contributed by atoms with Crippen LogP contribution in [0.25, 0.3) is 15.2 Å². The molecule has 134 valence electrons. The van der Waals surface area contributed by atoms with Crippen molar-refractivity contribution >= 4 is 43.8 Å². The molecule has 0 radical (unpaired) electrons. The molecule has 1 amide bonds. The summed E-state index contributed by atoms with van der Waals surface area (Å²) in [5.74, 6) is -0.192. The Hall–Kier alpha value is -2.59. The van der Waals surface area contributed by atoms with Crippen LogP contribution < -0.4 is 10.9 Å². The predicted octanol–water partition coefficient (Wildman–Crippen LogP) is 1.69. The molecule has 0 aliphatic heterocycles. The molecule has 4 aromatic rings. The molecule has 0 aromatic carbocycles. The number of carbonyl (C=O) groups is 1. The van der Waals surface area contributed by atoms with Gasteiger partial charge in [0.25, 0.3) is 11.5 Å². The maximum Gasteiger partial charge on any atom is 0.262 e. The van der Waals surface area contributed by atoms with Crippen molar-refractivity contribution in [2.75, 3.05) is 6.54 Å². The van der Waals surface area contributed by atoms with Crippen molar-refractivity contribution in [1.82, 2.24) is 29.5 Å². The first-order chi connectivity index (χ1) is 12.4. The summed E-state index contributed by atoms with van der Waals surface area (Å²) in [6.45, 7) is 4.19. The summed E-state index contributed by atoms with van der Waals surface area (Å²) in [6.07, 6.45) is 3.97. The van der Waals surface area contributed by atoms with Crippen LogP contribution in [-0.4, -0.2) is 36.6 Å². The van der Waals surface area contributed by atoms with Crippen LogP contribution in [0.5, 0.6) is 0 Å². The SMILES string of the molecule is Cc1nn2cc(CCNC(=O)c3sc4ncn(C)c(=O)c4c3C)nc2s1. The molecule has 10 heteroatoms. The third kappa shape index (κ3) is 2.80. The fraction of sp³-hybridized carbons (Fsp3) is 0.312. The van der Waals surface area contributed by atoms with Gasteiger partial charge in [-0.25, -0.2) is 14.5 Å². The van der Waals surface area contributed by atoms with Crippen LogP contribution in [0, 0.1) is 13.8 Å². The topological polar surface area (TPSA) is 94.2 Å². The van der Waals surface area contributed by atoms with E-state index in [0.29, 0.717) is 33.6 Å². The van der Waals surface area contributed by atoms with E-state index < -0.39 is 0 Å². The van der Waals surface area contributed by atoms with E-state index in [1.807, 2.05) is 13.1 Å². The highest BCUT2D eigenvalue weighted by molar-refractivity contribution is 7.20. The minimum absolute atomic E-state index is 0.135. The van der Waals surface area contributed by atoms with Gasteiger partial charge in [0.1, 0.15) is 9.84 Å². The van der Waals surface area contributed by atoms with Crippen molar-refractivity contribution in [1.29, 1.82) is 0 Å². The summed E-state index contributed by atoms with van der Waals surface area (Å²) in [6, 6.07) is 0. The van der Waals surface area contributed by atoms with E-state index in [-0.39, 0.29) is 11.5 Å². The molecule has 0 aliphatic rings. The summed E-state index contributed by atoms with van der Waals surface area (Å²) in [5, 5.41) is 8.70. The van der Waals surface area contributed by atoms with E-state index in [1.54, 1.807) is 18.5 Å². The number of hydrogen-bond donors (Lipinski definition) is 1. The number of aromatic nitrogens is 5. The van der Waals surface area contributed by atoms with Gasteiger partial charge in [0.2, 0.25) is 4.96 Å². The lowest BCUT2D eigenvalue weighted by Gasteiger charge is -2.03.